The molecule has 43 heavy (non-hydrogen) atoms. The third-order valence-electron chi connectivity index (χ3n) is 9.00. The molecule has 4 heterocycles. The summed E-state index contributed by atoms with van der Waals surface area (Å²) in [5.41, 5.74) is 2.47. The SMILES string of the molecule is C=C/C=C\c1cccc(-c2c(Cl)cc3c(nc(N4CC(C)(N(C)C)C4)c4cnn(C5CCN[C@H](CC#N)C5)c43)c2F)c1Cl. The van der Waals surface area contributed by atoms with Crippen LogP contribution in [0.3, 0.4) is 0 Å². The van der Waals surface area contributed by atoms with Gasteiger partial charge in [-0.25, -0.2) is 9.37 Å². The number of fused-ring (bicyclic) bond motifs is 3. The van der Waals surface area contributed by atoms with E-state index in [1.54, 1.807) is 24.3 Å². The van der Waals surface area contributed by atoms with Crippen LogP contribution in [0.1, 0.15) is 37.8 Å². The molecule has 0 radical (unpaired) electrons. The van der Waals surface area contributed by atoms with Gasteiger partial charge in [-0.2, -0.15) is 10.4 Å². The normalized spacial score (nSPS) is 20.2. The van der Waals surface area contributed by atoms with Crippen molar-refractivity contribution in [2.75, 3.05) is 38.6 Å². The van der Waals surface area contributed by atoms with E-state index in [4.69, 9.17) is 33.3 Å². The van der Waals surface area contributed by atoms with Crippen molar-refractivity contribution in [1.82, 2.24) is 25.0 Å². The highest BCUT2D eigenvalue weighted by atomic mass is 35.5. The predicted molar refractivity (Wildman–Crippen MR) is 174 cm³/mol. The largest absolute Gasteiger partial charge is 0.352 e. The lowest BCUT2D eigenvalue weighted by Gasteiger charge is -2.52. The van der Waals surface area contributed by atoms with Gasteiger partial charge in [-0.1, -0.05) is 66.2 Å². The number of nitrogens with zero attached hydrogens (tertiary/aromatic N) is 6. The summed E-state index contributed by atoms with van der Waals surface area (Å²) in [7, 11) is 4.15. The van der Waals surface area contributed by atoms with Crippen LogP contribution in [0.2, 0.25) is 10.0 Å². The van der Waals surface area contributed by atoms with Gasteiger partial charge in [0.15, 0.2) is 5.82 Å². The van der Waals surface area contributed by atoms with Gasteiger partial charge >= 0.3 is 0 Å². The van der Waals surface area contributed by atoms with Crippen molar-refractivity contribution in [1.29, 1.82) is 5.26 Å². The molecule has 1 unspecified atom stereocenters. The quantitative estimate of drug-likeness (QED) is 0.220. The van der Waals surface area contributed by atoms with Crippen molar-refractivity contribution >= 4 is 56.9 Å². The lowest BCUT2D eigenvalue weighted by atomic mass is 9.90. The highest BCUT2D eigenvalue weighted by Gasteiger charge is 2.42. The Bertz CT molecular complexity index is 1800. The fraction of sp³-hybridized carbons (Fsp3) is 0.364. The Hall–Kier alpha value is -3.48. The summed E-state index contributed by atoms with van der Waals surface area (Å²) in [6, 6.07) is 9.66. The van der Waals surface area contributed by atoms with Crippen molar-refractivity contribution in [3.05, 3.63) is 70.6 Å². The first-order valence-corrected chi connectivity index (χ1v) is 15.2. The Morgan fingerprint density at radius 1 is 1.28 bits per heavy atom. The van der Waals surface area contributed by atoms with E-state index in [2.05, 4.69) is 48.8 Å². The molecule has 2 atom stereocenters. The minimum Gasteiger partial charge on any atom is -0.352 e. The molecule has 222 valence electrons. The lowest BCUT2D eigenvalue weighted by Crippen LogP contribution is -2.67. The highest BCUT2D eigenvalue weighted by molar-refractivity contribution is 6.38. The number of nitrogens with one attached hydrogen (secondary N) is 1. The molecule has 0 bridgehead atoms. The number of hydrogen-bond donors (Lipinski definition) is 1. The second-order valence-corrected chi connectivity index (χ2v) is 12.8. The van der Waals surface area contributed by atoms with E-state index in [1.165, 1.54) is 0 Å². The highest BCUT2D eigenvalue weighted by Crippen LogP contribution is 2.44. The summed E-state index contributed by atoms with van der Waals surface area (Å²) < 4.78 is 18.9. The second-order valence-electron chi connectivity index (χ2n) is 12.0. The summed E-state index contributed by atoms with van der Waals surface area (Å²) in [5.74, 6) is 0.185. The molecular weight excluding hydrogens is 584 g/mol. The molecule has 7 nitrogen and oxygen atoms in total. The number of rotatable bonds is 7. The van der Waals surface area contributed by atoms with Crippen molar-refractivity contribution in [2.45, 2.75) is 43.8 Å². The molecule has 2 aliphatic rings. The molecule has 0 saturated carbocycles. The first-order chi connectivity index (χ1) is 20.7. The summed E-state index contributed by atoms with van der Waals surface area (Å²) in [6.07, 6.45) is 9.13. The number of allylic oxidation sites excluding steroid dienone is 2. The standard InChI is InChI=1S/C33H34Cl2FN7/c1-5-6-8-20-9-7-10-23(28(20)35)27-26(34)16-24-30(29(27)36)40-32(42-18-33(2,19-42)41(3)4)25-17-39-43(31(24)25)22-12-14-38-21(15-22)11-13-37/h5-10,16-17,21-22,38H,1,11-12,14-15,18-19H2,2-4H3/b8-6-/t21-,22?/m1/s1. The van der Waals surface area contributed by atoms with E-state index in [0.717, 1.165) is 48.9 Å². The smallest absolute Gasteiger partial charge is 0.158 e. The Balaban J connectivity index is 1.58. The lowest BCUT2D eigenvalue weighted by molar-refractivity contribution is 0.133. The number of halogens is 3. The predicted octanol–water partition coefficient (Wildman–Crippen LogP) is 7.24. The van der Waals surface area contributed by atoms with Gasteiger partial charge in [-0.05, 0) is 52.0 Å². The number of benzene rings is 2. The van der Waals surface area contributed by atoms with Crippen LogP contribution in [-0.2, 0) is 0 Å². The van der Waals surface area contributed by atoms with E-state index in [-0.39, 0.29) is 33.7 Å². The van der Waals surface area contributed by atoms with Crippen LogP contribution in [0.15, 0.2) is 49.2 Å². The number of nitriles is 1. The molecule has 2 saturated heterocycles. The maximum absolute atomic E-state index is 16.9. The number of aromatic nitrogens is 3. The molecule has 1 N–H and O–H groups in total. The molecule has 0 spiro atoms. The summed E-state index contributed by atoms with van der Waals surface area (Å²) in [5, 5.41) is 19.7. The minimum absolute atomic E-state index is 0.0187. The molecule has 2 aliphatic heterocycles. The number of piperidine rings is 1. The van der Waals surface area contributed by atoms with Crippen LogP contribution in [0.4, 0.5) is 10.2 Å². The average molecular weight is 619 g/mol. The molecule has 2 aromatic carbocycles. The zero-order valence-electron chi connectivity index (χ0n) is 24.5. The second kappa shape index (κ2) is 11.5. The van der Waals surface area contributed by atoms with Gasteiger partial charge in [0.1, 0.15) is 11.3 Å². The number of hydrogen-bond acceptors (Lipinski definition) is 6. The van der Waals surface area contributed by atoms with Gasteiger partial charge in [0.25, 0.3) is 0 Å². The van der Waals surface area contributed by atoms with Crippen LogP contribution >= 0.6 is 23.2 Å². The van der Waals surface area contributed by atoms with Crippen LogP contribution < -0.4 is 10.2 Å². The number of likely N-dealkylation sites (N-methyl/N-ethyl adjacent to an activating group) is 1. The fourth-order valence-corrected chi connectivity index (χ4v) is 6.92. The maximum Gasteiger partial charge on any atom is 0.158 e. The zero-order chi connectivity index (χ0) is 30.5. The number of anilines is 1. The summed E-state index contributed by atoms with van der Waals surface area (Å²) in [4.78, 5) is 9.38. The van der Waals surface area contributed by atoms with Gasteiger partial charge in [0, 0.05) is 35.6 Å². The summed E-state index contributed by atoms with van der Waals surface area (Å²) in [6.45, 7) is 8.21. The molecule has 2 fully saturated rings. The molecule has 2 aromatic heterocycles. The molecule has 10 heteroatoms. The maximum atomic E-state index is 16.9. The van der Waals surface area contributed by atoms with Crippen molar-refractivity contribution < 1.29 is 4.39 Å². The molecule has 4 aromatic rings. The van der Waals surface area contributed by atoms with Crippen LogP contribution in [0.5, 0.6) is 0 Å². The Morgan fingerprint density at radius 2 is 2.07 bits per heavy atom. The monoisotopic (exact) mass is 617 g/mol. The molecule has 6 rings (SSSR count). The van der Waals surface area contributed by atoms with E-state index in [0.29, 0.717) is 28.2 Å². The minimum atomic E-state index is -0.520. The first-order valence-electron chi connectivity index (χ1n) is 14.5. The average Bonchev–Trinajstić information content (AvgIpc) is 3.42. The van der Waals surface area contributed by atoms with Crippen molar-refractivity contribution in [3.63, 3.8) is 0 Å². The fourth-order valence-electron chi connectivity index (χ4n) is 6.35. The van der Waals surface area contributed by atoms with Gasteiger partial charge < -0.3 is 15.1 Å². The molecular formula is C33H34Cl2FN7. The zero-order valence-corrected chi connectivity index (χ0v) is 26.1. The van der Waals surface area contributed by atoms with Crippen LogP contribution in [-0.4, -0.2) is 65.0 Å². The van der Waals surface area contributed by atoms with Crippen molar-refractivity contribution in [2.24, 2.45) is 0 Å². The Kier molecular flexibility index (Phi) is 7.95. The van der Waals surface area contributed by atoms with Crippen LogP contribution in [0.25, 0.3) is 39.0 Å². The van der Waals surface area contributed by atoms with E-state index >= 15 is 4.39 Å². The third kappa shape index (κ3) is 5.08. The van der Waals surface area contributed by atoms with Gasteiger partial charge in [0.05, 0.1) is 51.2 Å². The van der Waals surface area contributed by atoms with Crippen LogP contribution in [0, 0.1) is 17.1 Å². The molecule has 0 aliphatic carbocycles. The first kappa shape index (κ1) is 29.6. The van der Waals surface area contributed by atoms with E-state index < -0.39 is 5.82 Å². The van der Waals surface area contributed by atoms with Gasteiger partial charge in [-0.15, -0.1) is 0 Å². The molecule has 0 amide bonds. The van der Waals surface area contributed by atoms with Gasteiger partial charge in [-0.3, -0.25) is 4.68 Å². The van der Waals surface area contributed by atoms with Crippen molar-refractivity contribution in [3.8, 4) is 17.2 Å². The van der Waals surface area contributed by atoms with E-state index in [9.17, 15) is 5.26 Å². The summed E-state index contributed by atoms with van der Waals surface area (Å²) >= 11 is 13.7. The Labute approximate surface area is 261 Å². The third-order valence-corrected chi connectivity index (χ3v) is 9.72. The Morgan fingerprint density at radius 3 is 2.79 bits per heavy atom. The number of pyridine rings is 1. The van der Waals surface area contributed by atoms with E-state index in [1.807, 2.05) is 29.1 Å². The topological polar surface area (TPSA) is 73.0 Å². The van der Waals surface area contributed by atoms with Gasteiger partial charge in [0.2, 0.25) is 0 Å².